The molecule has 3 atom stereocenters. The van der Waals surface area contributed by atoms with Gasteiger partial charge in [0.2, 0.25) is 0 Å². The van der Waals surface area contributed by atoms with E-state index in [-0.39, 0.29) is 17.4 Å². The normalized spacial score (nSPS) is 22.1. The number of aryl methyl sites for hydroxylation is 1. The number of rotatable bonds is 4. The Morgan fingerprint density at radius 3 is 2.84 bits per heavy atom. The van der Waals surface area contributed by atoms with Crippen molar-refractivity contribution in [2.75, 3.05) is 6.61 Å². The molecular formula is C16H25NO2. The molecule has 0 saturated carbocycles. The van der Waals surface area contributed by atoms with E-state index in [2.05, 4.69) is 31.8 Å². The van der Waals surface area contributed by atoms with Gasteiger partial charge in [-0.15, -0.1) is 0 Å². The van der Waals surface area contributed by atoms with Gasteiger partial charge in [0.05, 0.1) is 12.2 Å². The first-order valence-corrected chi connectivity index (χ1v) is 7.18. The second-order valence-electron chi connectivity index (χ2n) is 6.43. The summed E-state index contributed by atoms with van der Waals surface area (Å²) in [6.45, 7) is 8.95. The molecule has 1 aliphatic rings. The van der Waals surface area contributed by atoms with Gasteiger partial charge in [0, 0.05) is 24.4 Å². The number of aromatic nitrogens is 1. The summed E-state index contributed by atoms with van der Waals surface area (Å²) < 4.78 is 5.82. The SMILES string of the molecule is CCOC(C(O)C1CCc2cccnc21)C(C)(C)C. The van der Waals surface area contributed by atoms with E-state index >= 15 is 0 Å². The highest BCUT2D eigenvalue weighted by Gasteiger charge is 2.40. The second kappa shape index (κ2) is 5.59. The van der Waals surface area contributed by atoms with Crippen LogP contribution in [0.5, 0.6) is 0 Å². The van der Waals surface area contributed by atoms with Crippen LogP contribution in [0.4, 0.5) is 0 Å². The van der Waals surface area contributed by atoms with Gasteiger partial charge in [-0.1, -0.05) is 26.8 Å². The highest BCUT2D eigenvalue weighted by Crippen LogP contribution is 2.39. The highest BCUT2D eigenvalue weighted by molar-refractivity contribution is 5.30. The summed E-state index contributed by atoms with van der Waals surface area (Å²) >= 11 is 0. The molecule has 3 unspecified atom stereocenters. The van der Waals surface area contributed by atoms with Gasteiger partial charge in [-0.25, -0.2) is 0 Å². The quantitative estimate of drug-likeness (QED) is 0.908. The molecule has 0 bridgehead atoms. The van der Waals surface area contributed by atoms with Crippen molar-refractivity contribution >= 4 is 0 Å². The van der Waals surface area contributed by atoms with Gasteiger partial charge < -0.3 is 9.84 Å². The molecule has 2 rings (SSSR count). The van der Waals surface area contributed by atoms with Crippen molar-refractivity contribution in [2.24, 2.45) is 5.41 Å². The summed E-state index contributed by atoms with van der Waals surface area (Å²) in [5, 5.41) is 10.8. The van der Waals surface area contributed by atoms with Crippen LogP contribution in [0, 0.1) is 5.41 Å². The number of hydrogen-bond acceptors (Lipinski definition) is 3. The summed E-state index contributed by atoms with van der Waals surface area (Å²) in [5.41, 5.74) is 2.26. The topological polar surface area (TPSA) is 42.4 Å². The number of hydrogen-bond donors (Lipinski definition) is 1. The van der Waals surface area contributed by atoms with Crippen LogP contribution in [0.3, 0.4) is 0 Å². The van der Waals surface area contributed by atoms with Gasteiger partial charge >= 0.3 is 0 Å². The molecule has 0 radical (unpaired) electrons. The van der Waals surface area contributed by atoms with Crippen molar-refractivity contribution in [3.05, 3.63) is 29.6 Å². The molecule has 1 aromatic heterocycles. The lowest BCUT2D eigenvalue weighted by Crippen LogP contribution is -2.43. The Labute approximate surface area is 116 Å². The summed E-state index contributed by atoms with van der Waals surface area (Å²) in [5.74, 6) is 0.104. The molecule has 0 saturated heterocycles. The van der Waals surface area contributed by atoms with E-state index in [0.29, 0.717) is 6.61 Å². The first kappa shape index (κ1) is 14.5. The molecule has 0 spiro atoms. The molecule has 1 heterocycles. The summed E-state index contributed by atoms with van der Waals surface area (Å²) in [6, 6.07) is 4.08. The lowest BCUT2D eigenvalue weighted by molar-refractivity contribution is -0.0970. The first-order chi connectivity index (χ1) is 8.95. The average Bonchev–Trinajstić information content (AvgIpc) is 2.77. The summed E-state index contributed by atoms with van der Waals surface area (Å²) in [6.07, 6.45) is 3.14. The Bertz CT molecular complexity index is 425. The third kappa shape index (κ3) is 2.98. The van der Waals surface area contributed by atoms with Crippen molar-refractivity contribution in [3.63, 3.8) is 0 Å². The Balaban J connectivity index is 2.22. The largest absolute Gasteiger partial charge is 0.390 e. The number of pyridine rings is 1. The fourth-order valence-electron chi connectivity index (χ4n) is 3.03. The average molecular weight is 263 g/mol. The van der Waals surface area contributed by atoms with E-state index in [4.69, 9.17) is 4.74 Å². The minimum atomic E-state index is -0.490. The first-order valence-electron chi connectivity index (χ1n) is 7.18. The van der Waals surface area contributed by atoms with Gasteiger partial charge in [-0.3, -0.25) is 4.98 Å². The molecule has 0 amide bonds. The van der Waals surface area contributed by atoms with E-state index in [9.17, 15) is 5.11 Å². The van der Waals surface area contributed by atoms with Crippen molar-refractivity contribution in [1.82, 2.24) is 4.98 Å². The molecule has 106 valence electrons. The maximum atomic E-state index is 10.8. The highest BCUT2D eigenvalue weighted by atomic mass is 16.5. The monoisotopic (exact) mass is 263 g/mol. The molecule has 1 aromatic rings. The van der Waals surface area contributed by atoms with Gasteiger partial charge in [0.25, 0.3) is 0 Å². The number of nitrogens with zero attached hydrogens (tertiary/aromatic N) is 1. The van der Waals surface area contributed by atoms with Crippen molar-refractivity contribution in [1.29, 1.82) is 0 Å². The van der Waals surface area contributed by atoms with E-state index in [1.54, 1.807) is 0 Å². The van der Waals surface area contributed by atoms with Crippen LogP contribution >= 0.6 is 0 Å². The fourth-order valence-corrected chi connectivity index (χ4v) is 3.03. The maximum absolute atomic E-state index is 10.8. The zero-order chi connectivity index (χ0) is 14.0. The summed E-state index contributed by atoms with van der Waals surface area (Å²) in [4.78, 5) is 4.47. The number of aliphatic hydroxyl groups excluding tert-OH is 1. The molecule has 19 heavy (non-hydrogen) atoms. The maximum Gasteiger partial charge on any atom is 0.0890 e. The zero-order valence-electron chi connectivity index (χ0n) is 12.4. The lowest BCUT2D eigenvalue weighted by Gasteiger charge is -2.36. The number of fused-ring (bicyclic) bond motifs is 1. The van der Waals surface area contributed by atoms with Crippen molar-refractivity contribution in [2.45, 2.75) is 58.7 Å². The molecule has 0 aliphatic heterocycles. The molecule has 0 aromatic carbocycles. The van der Waals surface area contributed by atoms with E-state index < -0.39 is 6.10 Å². The number of aliphatic hydroxyl groups is 1. The van der Waals surface area contributed by atoms with Crippen LogP contribution in [-0.2, 0) is 11.2 Å². The zero-order valence-corrected chi connectivity index (χ0v) is 12.4. The van der Waals surface area contributed by atoms with E-state index in [1.807, 2.05) is 19.2 Å². The van der Waals surface area contributed by atoms with Gasteiger partial charge in [-0.05, 0) is 36.8 Å². The summed E-state index contributed by atoms with van der Waals surface area (Å²) in [7, 11) is 0. The van der Waals surface area contributed by atoms with Crippen LogP contribution in [0.1, 0.15) is 51.3 Å². The molecule has 3 heteroatoms. The van der Waals surface area contributed by atoms with Crippen LogP contribution in [0.25, 0.3) is 0 Å². The second-order valence-corrected chi connectivity index (χ2v) is 6.43. The third-order valence-electron chi connectivity index (χ3n) is 3.92. The molecule has 0 fully saturated rings. The Morgan fingerprint density at radius 2 is 2.21 bits per heavy atom. The lowest BCUT2D eigenvalue weighted by atomic mass is 9.80. The minimum Gasteiger partial charge on any atom is -0.390 e. The molecule has 3 nitrogen and oxygen atoms in total. The Kier molecular flexibility index (Phi) is 4.26. The smallest absolute Gasteiger partial charge is 0.0890 e. The van der Waals surface area contributed by atoms with Crippen LogP contribution in [-0.4, -0.2) is 28.9 Å². The Morgan fingerprint density at radius 1 is 1.47 bits per heavy atom. The fraction of sp³-hybridized carbons (Fsp3) is 0.688. The van der Waals surface area contributed by atoms with E-state index in [1.165, 1.54) is 5.56 Å². The van der Waals surface area contributed by atoms with Gasteiger partial charge in [0.15, 0.2) is 0 Å². The van der Waals surface area contributed by atoms with Crippen molar-refractivity contribution < 1.29 is 9.84 Å². The third-order valence-corrected chi connectivity index (χ3v) is 3.92. The standard InChI is InChI=1S/C16H25NO2/c1-5-19-15(16(2,3)4)14(18)12-9-8-11-7-6-10-17-13(11)12/h6-7,10,12,14-15,18H,5,8-9H2,1-4H3. The predicted octanol–water partition coefficient (Wildman–Crippen LogP) is 2.92. The molecule has 1 aliphatic carbocycles. The van der Waals surface area contributed by atoms with Crippen LogP contribution in [0.15, 0.2) is 18.3 Å². The van der Waals surface area contributed by atoms with Crippen LogP contribution in [0.2, 0.25) is 0 Å². The Hall–Kier alpha value is -0.930. The van der Waals surface area contributed by atoms with Gasteiger partial charge in [-0.2, -0.15) is 0 Å². The van der Waals surface area contributed by atoms with Gasteiger partial charge in [0.1, 0.15) is 0 Å². The predicted molar refractivity (Wildman–Crippen MR) is 76.2 cm³/mol. The number of ether oxygens (including phenoxy) is 1. The van der Waals surface area contributed by atoms with E-state index in [0.717, 1.165) is 18.5 Å². The van der Waals surface area contributed by atoms with Crippen molar-refractivity contribution in [3.8, 4) is 0 Å². The minimum absolute atomic E-state index is 0.0764. The van der Waals surface area contributed by atoms with Crippen LogP contribution < -0.4 is 0 Å². The molecular weight excluding hydrogens is 238 g/mol. The molecule has 1 N–H and O–H groups in total.